The normalized spacial score (nSPS) is 8.14. The maximum Gasteiger partial charge on any atom is 1.00 e. The molecule has 0 amide bonds. The standard InChI is InChI=1S/C4H6O2.Na.H/c1-4(6)2-3-5;;/h2-3,5H,1H3;;/q;+1;-1/b3-2+;;. The monoisotopic (exact) mass is 110 g/mol. The molecule has 1 N–H and O–H groups in total. The van der Waals surface area contributed by atoms with Crippen LogP contribution in [-0.4, -0.2) is 10.9 Å². The number of aliphatic hydroxyl groups is 1. The van der Waals surface area contributed by atoms with Crippen molar-refractivity contribution in [2.24, 2.45) is 0 Å². The van der Waals surface area contributed by atoms with Crippen LogP contribution in [-0.2, 0) is 4.79 Å². The molecule has 0 atom stereocenters. The average Bonchev–Trinajstić information content (AvgIpc) is 1.35. The van der Waals surface area contributed by atoms with Gasteiger partial charge in [-0.3, -0.25) is 4.79 Å². The zero-order valence-electron chi connectivity index (χ0n) is 5.51. The zero-order valence-corrected chi connectivity index (χ0v) is 6.51. The van der Waals surface area contributed by atoms with Gasteiger partial charge in [-0.2, -0.15) is 0 Å². The first kappa shape index (κ1) is 10.2. The van der Waals surface area contributed by atoms with Gasteiger partial charge >= 0.3 is 29.6 Å². The minimum Gasteiger partial charge on any atom is -1.00 e. The Morgan fingerprint density at radius 3 is 2.29 bits per heavy atom. The molecule has 0 heterocycles. The molecule has 0 aliphatic rings. The Bertz CT molecular complexity index is 82.1. The third-order valence-corrected chi connectivity index (χ3v) is 0.309. The smallest absolute Gasteiger partial charge is 1.00 e. The molecule has 0 aliphatic heterocycles. The number of allylic oxidation sites excluding steroid dienone is 1. The van der Waals surface area contributed by atoms with Crippen LogP contribution in [0, 0.1) is 0 Å². The number of carbonyl (C=O) groups is 1. The molecule has 0 saturated carbocycles. The Balaban J connectivity index is -0.000000125. The number of ketones is 1. The third kappa shape index (κ3) is 10.7. The molecular weight excluding hydrogens is 103 g/mol. The molecule has 0 saturated heterocycles. The zero-order chi connectivity index (χ0) is 4.99. The average molecular weight is 110 g/mol. The molecular formula is C4H7NaO2. The summed E-state index contributed by atoms with van der Waals surface area (Å²) < 4.78 is 0. The summed E-state index contributed by atoms with van der Waals surface area (Å²) in [6, 6.07) is 0. The molecule has 0 radical (unpaired) electrons. The number of carbonyl (C=O) groups excluding carboxylic acids is 1. The molecule has 7 heavy (non-hydrogen) atoms. The molecule has 2 nitrogen and oxygen atoms in total. The predicted octanol–water partition coefficient (Wildman–Crippen LogP) is -2.24. The van der Waals surface area contributed by atoms with Crippen molar-refractivity contribution in [3.63, 3.8) is 0 Å². The van der Waals surface area contributed by atoms with Gasteiger partial charge in [0.2, 0.25) is 0 Å². The molecule has 36 valence electrons. The van der Waals surface area contributed by atoms with Crippen LogP contribution in [0.2, 0.25) is 0 Å². The summed E-state index contributed by atoms with van der Waals surface area (Å²) in [7, 11) is 0. The number of rotatable bonds is 1. The van der Waals surface area contributed by atoms with E-state index < -0.39 is 0 Å². The molecule has 0 unspecified atom stereocenters. The molecule has 0 rings (SSSR count). The van der Waals surface area contributed by atoms with Crippen molar-refractivity contribution in [3.8, 4) is 0 Å². The largest absolute Gasteiger partial charge is 1.00 e. The van der Waals surface area contributed by atoms with E-state index in [1.807, 2.05) is 0 Å². The van der Waals surface area contributed by atoms with Crippen LogP contribution < -0.4 is 29.6 Å². The van der Waals surface area contributed by atoms with Crippen molar-refractivity contribution < 1.29 is 40.9 Å². The Kier molecular flexibility index (Phi) is 9.09. The first-order valence-electron chi connectivity index (χ1n) is 1.58. The number of hydrogen-bond donors (Lipinski definition) is 1. The van der Waals surface area contributed by atoms with Gasteiger partial charge in [-0.1, -0.05) is 0 Å². The topological polar surface area (TPSA) is 37.3 Å². The van der Waals surface area contributed by atoms with Crippen LogP contribution in [0.5, 0.6) is 0 Å². The molecule has 0 aromatic heterocycles. The number of aliphatic hydroxyl groups excluding tert-OH is 1. The van der Waals surface area contributed by atoms with E-state index in [4.69, 9.17) is 5.11 Å². The Morgan fingerprint density at radius 2 is 2.29 bits per heavy atom. The summed E-state index contributed by atoms with van der Waals surface area (Å²) in [5, 5.41) is 7.84. The van der Waals surface area contributed by atoms with Gasteiger partial charge in [0.1, 0.15) is 0 Å². The van der Waals surface area contributed by atoms with Crippen molar-refractivity contribution in [1.29, 1.82) is 0 Å². The first-order chi connectivity index (χ1) is 2.77. The van der Waals surface area contributed by atoms with E-state index in [1.165, 1.54) is 6.92 Å². The van der Waals surface area contributed by atoms with E-state index in [2.05, 4.69) is 0 Å². The fourth-order valence-corrected chi connectivity index (χ4v) is 0.105. The summed E-state index contributed by atoms with van der Waals surface area (Å²) in [6.45, 7) is 1.37. The minimum atomic E-state index is -0.141. The SMILES string of the molecule is CC(=O)/C=C/O.[H-].[Na+]. The van der Waals surface area contributed by atoms with Gasteiger partial charge in [-0.05, 0) is 6.92 Å². The Hall–Kier alpha value is 0.210. The van der Waals surface area contributed by atoms with Gasteiger partial charge in [0.15, 0.2) is 5.78 Å². The molecule has 3 heteroatoms. The van der Waals surface area contributed by atoms with E-state index in [1.54, 1.807) is 0 Å². The van der Waals surface area contributed by atoms with Crippen LogP contribution in [0.1, 0.15) is 8.35 Å². The van der Waals surface area contributed by atoms with E-state index in [0.717, 1.165) is 12.3 Å². The Morgan fingerprint density at radius 1 is 1.86 bits per heavy atom. The first-order valence-corrected chi connectivity index (χ1v) is 1.58. The van der Waals surface area contributed by atoms with Crippen molar-refractivity contribution in [2.75, 3.05) is 0 Å². The second-order valence-corrected chi connectivity index (χ2v) is 0.926. The predicted molar refractivity (Wildman–Crippen MR) is 23.6 cm³/mol. The maximum absolute atomic E-state index is 9.80. The van der Waals surface area contributed by atoms with E-state index in [9.17, 15) is 4.79 Å². The maximum atomic E-state index is 9.80. The van der Waals surface area contributed by atoms with Crippen LogP contribution in [0.15, 0.2) is 12.3 Å². The van der Waals surface area contributed by atoms with Gasteiger partial charge in [0, 0.05) is 6.08 Å². The van der Waals surface area contributed by atoms with Crippen molar-refractivity contribution in [1.82, 2.24) is 0 Å². The second-order valence-electron chi connectivity index (χ2n) is 0.926. The quantitative estimate of drug-likeness (QED) is 0.235. The number of hydrogen-bond acceptors (Lipinski definition) is 2. The fraction of sp³-hybridized carbons (Fsp3) is 0.250. The van der Waals surface area contributed by atoms with Crippen LogP contribution in [0.4, 0.5) is 0 Å². The van der Waals surface area contributed by atoms with Crippen LogP contribution in [0.25, 0.3) is 0 Å². The van der Waals surface area contributed by atoms with Gasteiger partial charge < -0.3 is 6.53 Å². The summed E-state index contributed by atoms with van der Waals surface area (Å²) >= 11 is 0. The third-order valence-electron chi connectivity index (χ3n) is 0.309. The van der Waals surface area contributed by atoms with Gasteiger partial charge in [0.25, 0.3) is 0 Å². The Labute approximate surface area is 66.0 Å². The molecule has 0 spiro atoms. The molecule has 0 aliphatic carbocycles. The van der Waals surface area contributed by atoms with Crippen molar-refractivity contribution in [3.05, 3.63) is 12.3 Å². The summed E-state index contributed by atoms with van der Waals surface area (Å²) in [5.41, 5.74) is 0. The van der Waals surface area contributed by atoms with Crippen molar-refractivity contribution >= 4 is 5.78 Å². The fourth-order valence-electron chi connectivity index (χ4n) is 0.105. The van der Waals surface area contributed by atoms with Gasteiger partial charge in [0.05, 0.1) is 6.26 Å². The van der Waals surface area contributed by atoms with E-state index >= 15 is 0 Å². The minimum absolute atomic E-state index is 0. The molecule has 0 fully saturated rings. The van der Waals surface area contributed by atoms with Crippen LogP contribution >= 0.6 is 0 Å². The molecule has 0 bridgehead atoms. The summed E-state index contributed by atoms with van der Waals surface area (Å²) in [5.74, 6) is -0.141. The van der Waals surface area contributed by atoms with Crippen molar-refractivity contribution in [2.45, 2.75) is 6.92 Å². The summed E-state index contributed by atoms with van der Waals surface area (Å²) in [4.78, 5) is 9.80. The van der Waals surface area contributed by atoms with E-state index in [0.29, 0.717) is 0 Å². The molecule has 0 aromatic carbocycles. The van der Waals surface area contributed by atoms with Gasteiger partial charge in [-0.25, -0.2) is 0 Å². The molecule has 0 aromatic rings. The summed E-state index contributed by atoms with van der Waals surface area (Å²) in [6.07, 6.45) is 1.81. The second kappa shape index (κ2) is 6.21. The van der Waals surface area contributed by atoms with Gasteiger partial charge in [-0.15, -0.1) is 0 Å². The van der Waals surface area contributed by atoms with E-state index in [-0.39, 0.29) is 36.8 Å². The van der Waals surface area contributed by atoms with Crippen LogP contribution in [0.3, 0.4) is 0 Å².